The Labute approximate surface area is 229 Å². The van der Waals surface area contributed by atoms with E-state index in [1.54, 1.807) is 7.11 Å². The lowest BCUT2D eigenvalue weighted by molar-refractivity contribution is -0.151. The number of aliphatic carboxylic acids is 1. The van der Waals surface area contributed by atoms with Crippen molar-refractivity contribution in [2.24, 2.45) is 0 Å². The molecule has 1 N–H and O–H groups in total. The van der Waals surface area contributed by atoms with E-state index in [4.69, 9.17) is 4.74 Å². The van der Waals surface area contributed by atoms with Crippen molar-refractivity contribution in [2.45, 2.75) is 31.5 Å². The predicted molar refractivity (Wildman–Crippen MR) is 152 cm³/mol. The van der Waals surface area contributed by atoms with Crippen molar-refractivity contribution in [3.05, 3.63) is 131 Å². The summed E-state index contributed by atoms with van der Waals surface area (Å²) < 4.78 is 5.72. The highest BCUT2D eigenvalue weighted by Crippen LogP contribution is 2.40. The van der Waals surface area contributed by atoms with E-state index < -0.39 is 17.9 Å². The van der Waals surface area contributed by atoms with Crippen LogP contribution in [0.1, 0.15) is 33.7 Å². The summed E-state index contributed by atoms with van der Waals surface area (Å²) in [4.78, 5) is 30.5. The number of hydrogen-bond acceptors (Lipinski definition) is 4. The van der Waals surface area contributed by atoms with Gasteiger partial charge in [0, 0.05) is 26.6 Å². The second kappa shape index (κ2) is 11.4. The molecule has 1 aliphatic heterocycles. The fourth-order valence-electron chi connectivity index (χ4n) is 5.54. The van der Waals surface area contributed by atoms with E-state index in [-0.39, 0.29) is 18.9 Å². The molecule has 0 spiro atoms. The smallest absolute Gasteiger partial charge is 0.326 e. The minimum Gasteiger partial charge on any atom is -0.495 e. The van der Waals surface area contributed by atoms with Crippen LogP contribution in [0.3, 0.4) is 0 Å². The number of hydrogen-bond donors (Lipinski definition) is 1. The van der Waals surface area contributed by atoms with Crippen LogP contribution in [0, 0.1) is 0 Å². The van der Waals surface area contributed by atoms with Crippen LogP contribution in [0.5, 0.6) is 5.75 Å². The molecule has 0 saturated carbocycles. The van der Waals surface area contributed by atoms with E-state index >= 15 is 0 Å². The monoisotopic (exact) mass is 520 g/mol. The minimum absolute atomic E-state index is 0.193. The summed E-state index contributed by atoms with van der Waals surface area (Å²) in [5.41, 5.74) is 5.50. The van der Waals surface area contributed by atoms with Gasteiger partial charge >= 0.3 is 5.97 Å². The van der Waals surface area contributed by atoms with Crippen LogP contribution < -0.4 is 9.64 Å². The largest absolute Gasteiger partial charge is 0.495 e. The summed E-state index contributed by atoms with van der Waals surface area (Å²) in [6, 6.07) is 32.1. The van der Waals surface area contributed by atoms with Gasteiger partial charge in [0.05, 0.1) is 18.7 Å². The first kappa shape index (κ1) is 26.0. The average Bonchev–Trinajstić information content (AvgIpc) is 2.97. The number of carboxylic acids is 1. The van der Waals surface area contributed by atoms with Crippen LogP contribution >= 0.6 is 0 Å². The number of anilines is 1. The molecule has 6 heteroatoms. The molecule has 0 aromatic heterocycles. The van der Waals surface area contributed by atoms with Crippen LogP contribution in [0.2, 0.25) is 0 Å². The van der Waals surface area contributed by atoms with E-state index in [1.165, 1.54) is 4.90 Å². The molecular weight excluding hydrogens is 488 g/mol. The highest BCUT2D eigenvalue weighted by molar-refractivity contribution is 5.91. The lowest BCUT2D eigenvalue weighted by Gasteiger charge is -2.39. The van der Waals surface area contributed by atoms with Crippen LogP contribution in [-0.4, -0.2) is 42.1 Å². The molecule has 4 aromatic rings. The van der Waals surface area contributed by atoms with Gasteiger partial charge in [-0.15, -0.1) is 0 Å². The van der Waals surface area contributed by atoms with Crippen LogP contribution in [0.4, 0.5) is 5.69 Å². The number of nitrogens with zero attached hydrogens (tertiary/aromatic N) is 2. The van der Waals surface area contributed by atoms with E-state index in [9.17, 15) is 14.7 Å². The van der Waals surface area contributed by atoms with Crippen LogP contribution in [-0.2, 0) is 29.1 Å². The maximum absolute atomic E-state index is 14.2. The molecule has 5 rings (SSSR count). The average molecular weight is 521 g/mol. The molecule has 6 nitrogen and oxygen atoms in total. The molecule has 1 aliphatic rings. The maximum Gasteiger partial charge on any atom is 0.326 e. The van der Waals surface area contributed by atoms with Crippen molar-refractivity contribution in [1.82, 2.24) is 4.90 Å². The number of carboxylic acid groups (broad SMARTS) is 1. The number of ether oxygens (including phenoxy) is 1. The SMILES string of the molecule is COc1ccc2c(c1N(C)Cc1ccccc1)CC(C(=O)O)N(C(=O)C(c1ccccc1)c1ccccc1)C2. The van der Waals surface area contributed by atoms with Crippen molar-refractivity contribution >= 4 is 17.6 Å². The zero-order valence-electron chi connectivity index (χ0n) is 22.2. The Morgan fingerprint density at radius 3 is 2.00 bits per heavy atom. The lowest BCUT2D eigenvalue weighted by Crippen LogP contribution is -2.50. The van der Waals surface area contributed by atoms with Gasteiger partial charge in [-0.1, -0.05) is 97.1 Å². The molecule has 198 valence electrons. The molecule has 1 unspecified atom stereocenters. The topological polar surface area (TPSA) is 70.1 Å². The van der Waals surface area contributed by atoms with Gasteiger partial charge in [0.2, 0.25) is 5.91 Å². The number of carbonyl (C=O) groups excluding carboxylic acids is 1. The van der Waals surface area contributed by atoms with Gasteiger partial charge < -0.3 is 19.6 Å². The molecule has 39 heavy (non-hydrogen) atoms. The van der Waals surface area contributed by atoms with Crippen molar-refractivity contribution in [3.63, 3.8) is 0 Å². The molecule has 4 aromatic carbocycles. The number of fused-ring (bicyclic) bond motifs is 1. The van der Waals surface area contributed by atoms with Crippen molar-refractivity contribution in [3.8, 4) is 5.75 Å². The van der Waals surface area contributed by atoms with Crippen molar-refractivity contribution in [1.29, 1.82) is 0 Å². The summed E-state index contributed by atoms with van der Waals surface area (Å²) >= 11 is 0. The summed E-state index contributed by atoms with van der Waals surface area (Å²) in [6.45, 7) is 0.843. The van der Waals surface area contributed by atoms with Gasteiger partial charge in [-0.05, 0) is 33.9 Å². The molecule has 0 saturated heterocycles. The van der Waals surface area contributed by atoms with Gasteiger partial charge in [-0.25, -0.2) is 4.79 Å². The molecular formula is C33H32N2O4. The van der Waals surface area contributed by atoms with E-state index in [1.807, 2.05) is 98.0 Å². The Morgan fingerprint density at radius 1 is 0.897 bits per heavy atom. The van der Waals surface area contributed by atoms with Gasteiger partial charge in [0.15, 0.2) is 0 Å². The van der Waals surface area contributed by atoms with Gasteiger partial charge in [0.1, 0.15) is 11.8 Å². The Morgan fingerprint density at radius 2 is 1.46 bits per heavy atom. The first-order valence-corrected chi connectivity index (χ1v) is 13.0. The normalized spacial score (nSPS) is 14.5. The summed E-state index contributed by atoms with van der Waals surface area (Å²) in [5.74, 6) is -1.16. The zero-order chi connectivity index (χ0) is 27.4. The van der Waals surface area contributed by atoms with E-state index in [2.05, 4.69) is 17.0 Å². The first-order chi connectivity index (χ1) is 19.0. The molecule has 0 aliphatic carbocycles. The van der Waals surface area contributed by atoms with Gasteiger partial charge in [0.25, 0.3) is 0 Å². The lowest BCUT2D eigenvalue weighted by atomic mass is 9.86. The summed E-state index contributed by atoms with van der Waals surface area (Å²) in [7, 11) is 3.61. The zero-order valence-corrected chi connectivity index (χ0v) is 22.2. The molecule has 1 atom stereocenters. The second-order valence-electron chi connectivity index (χ2n) is 9.87. The maximum atomic E-state index is 14.2. The Bertz CT molecular complexity index is 1400. The van der Waals surface area contributed by atoms with Gasteiger partial charge in [-0.3, -0.25) is 4.79 Å². The summed E-state index contributed by atoms with van der Waals surface area (Å²) in [5, 5.41) is 10.4. The standard InChI is InChI=1S/C33H32N2O4/c1-34(21-23-12-6-3-7-13-23)31-27-20-28(33(37)38)35(22-26(27)18-19-29(31)39-2)32(36)30(24-14-8-4-9-15-24)25-16-10-5-11-17-25/h3-19,28,30H,20-22H2,1-2H3,(H,37,38). The molecule has 1 heterocycles. The minimum atomic E-state index is -1.02. The molecule has 0 radical (unpaired) electrons. The molecule has 0 bridgehead atoms. The molecule has 1 amide bonds. The highest BCUT2D eigenvalue weighted by atomic mass is 16.5. The quantitative estimate of drug-likeness (QED) is 0.332. The second-order valence-corrected chi connectivity index (χ2v) is 9.87. The van der Waals surface area contributed by atoms with E-state index in [0.29, 0.717) is 12.3 Å². The van der Waals surface area contributed by atoms with Crippen molar-refractivity contribution < 1.29 is 19.4 Å². The third-order valence-electron chi connectivity index (χ3n) is 7.40. The Balaban J connectivity index is 1.54. The predicted octanol–water partition coefficient (Wildman–Crippen LogP) is 5.50. The number of amides is 1. The number of rotatable bonds is 8. The van der Waals surface area contributed by atoms with Gasteiger partial charge in [-0.2, -0.15) is 0 Å². The fraction of sp³-hybridized carbons (Fsp3) is 0.212. The Kier molecular flexibility index (Phi) is 7.64. The third-order valence-corrected chi connectivity index (χ3v) is 7.40. The number of benzene rings is 4. The van der Waals surface area contributed by atoms with Crippen LogP contribution in [0.15, 0.2) is 103 Å². The summed E-state index contributed by atoms with van der Waals surface area (Å²) in [6.07, 6.45) is 0.193. The van der Waals surface area contributed by atoms with Crippen molar-refractivity contribution in [2.75, 3.05) is 19.1 Å². The number of carbonyl (C=O) groups is 2. The highest BCUT2D eigenvalue weighted by Gasteiger charge is 2.40. The first-order valence-electron chi connectivity index (χ1n) is 13.0. The molecule has 0 fully saturated rings. The Hall–Kier alpha value is -4.58. The fourth-order valence-corrected chi connectivity index (χ4v) is 5.54. The van der Waals surface area contributed by atoms with E-state index in [0.717, 1.165) is 33.5 Å². The third kappa shape index (κ3) is 5.36. The number of methoxy groups -OCH3 is 1. The van der Waals surface area contributed by atoms with Crippen LogP contribution in [0.25, 0.3) is 0 Å².